The molecule has 1 saturated carbocycles. The lowest BCUT2D eigenvalue weighted by Crippen LogP contribution is -2.26. The van der Waals surface area contributed by atoms with Crippen LogP contribution in [0.3, 0.4) is 0 Å². The molecule has 0 aromatic heterocycles. The molecule has 3 heteroatoms. The van der Waals surface area contributed by atoms with Crippen molar-refractivity contribution in [3.63, 3.8) is 0 Å². The van der Waals surface area contributed by atoms with E-state index in [1.807, 2.05) is 13.8 Å². The highest BCUT2D eigenvalue weighted by Gasteiger charge is 2.21. The summed E-state index contributed by atoms with van der Waals surface area (Å²) in [6, 6.07) is 6.73. The zero-order valence-electron chi connectivity index (χ0n) is 10.5. The minimum absolute atomic E-state index is 0.169. The third kappa shape index (κ3) is 3.86. The van der Waals surface area contributed by atoms with Crippen LogP contribution in [0.1, 0.15) is 29.5 Å². The Morgan fingerprint density at radius 3 is 2.88 bits per heavy atom. The second kappa shape index (κ2) is 5.32. The van der Waals surface area contributed by atoms with Crippen LogP contribution in [0.2, 0.25) is 0 Å². The van der Waals surface area contributed by atoms with E-state index in [0.717, 1.165) is 5.56 Å². The molecular weight excluding hydrogens is 214 g/mol. The van der Waals surface area contributed by atoms with Gasteiger partial charge in [-0.3, -0.25) is 4.79 Å². The molecule has 1 N–H and O–H groups in total. The third-order valence-corrected chi connectivity index (χ3v) is 3.01. The molecule has 0 heterocycles. The SMILES string of the molecule is Cc1ccc(C)c(COC(=O)CNC2CC2)c1. The third-order valence-electron chi connectivity index (χ3n) is 3.01. The molecule has 1 aliphatic carbocycles. The molecule has 92 valence electrons. The van der Waals surface area contributed by atoms with Crippen LogP contribution in [0.5, 0.6) is 0 Å². The van der Waals surface area contributed by atoms with Crippen LogP contribution in [0.15, 0.2) is 18.2 Å². The number of hydrogen-bond acceptors (Lipinski definition) is 3. The zero-order valence-corrected chi connectivity index (χ0v) is 10.5. The van der Waals surface area contributed by atoms with Crippen LogP contribution in [-0.2, 0) is 16.1 Å². The van der Waals surface area contributed by atoms with E-state index in [1.165, 1.54) is 24.0 Å². The molecule has 17 heavy (non-hydrogen) atoms. The maximum Gasteiger partial charge on any atom is 0.320 e. The van der Waals surface area contributed by atoms with Crippen molar-refractivity contribution in [3.05, 3.63) is 34.9 Å². The van der Waals surface area contributed by atoms with Crippen LogP contribution in [0, 0.1) is 13.8 Å². The molecule has 2 rings (SSSR count). The number of rotatable bonds is 5. The summed E-state index contributed by atoms with van der Waals surface area (Å²) in [6.45, 7) is 4.78. The van der Waals surface area contributed by atoms with Crippen molar-refractivity contribution in [1.29, 1.82) is 0 Å². The van der Waals surface area contributed by atoms with Crippen molar-refractivity contribution >= 4 is 5.97 Å². The maximum absolute atomic E-state index is 11.5. The highest BCUT2D eigenvalue weighted by atomic mass is 16.5. The van der Waals surface area contributed by atoms with Gasteiger partial charge in [0.15, 0.2) is 0 Å². The monoisotopic (exact) mass is 233 g/mol. The van der Waals surface area contributed by atoms with Crippen molar-refractivity contribution in [2.75, 3.05) is 6.54 Å². The standard InChI is InChI=1S/C14H19NO2/c1-10-3-4-11(2)12(7-10)9-17-14(16)8-15-13-5-6-13/h3-4,7,13,15H,5-6,8-9H2,1-2H3. The Balaban J connectivity index is 1.79. The molecule has 0 bridgehead atoms. The first kappa shape index (κ1) is 12.1. The number of ether oxygens (including phenoxy) is 1. The van der Waals surface area contributed by atoms with E-state index >= 15 is 0 Å². The summed E-state index contributed by atoms with van der Waals surface area (Å²) in [5.41, 5.74) is 3.45. The Kier molecular flexibility index (Phi) is 3.79. The summed E-state index contributed by atoms with van der Waals surface area (Å²) >= 11 is 0. The van der Waals surface area contributed by atoms with Gasteiger partial charge in [0.05, 0.1) is 6.54 Å². The van der Waals surface area contributed by atoms with Crippen LogP contribution in [0.4, 0.5) is 0 Å². The molecular formula is C14H19NO2. The van der Waals surface area contributed by atoms with Crippen LogP contribution in [0.25, 0.3) is 0 Å². The molecule has 1 fully saturated rings. The van der Waals surface area contributed by atoms with E-state index in [0.29, 0.717) is 19.2 Å². The van der Waals surface area contributed by atoms with Gasteiger partial charge in [0.1, 0.15) is 6.61 Å². The Bertz CT molecular complexity index is 411. The molecule has 0 spiro atoms. The van der Waals surface area contributed by atoms with E-state index < -0.39 is 0 Å². The molecule has 0 saturated heterocycles. The van der Waals surface area contributed by atoms with Gasteiger partial charge in [-0.25, -0.2) is 0 Å². The fraction of sp³-hybridized carbons (Fsp3) is 0.500. The zero-order chi connectivity index (χ0) is 12.3. The lowest BCUT2D eigenvalue weighted by atomic mass is 10.1. The van der Waals surface area contributed by atoms with E-state index in [1.54, 1.807) is 0 Å². The van der Waals surface area contributed by atoms with E-state index in [4.69, 9.17) is 4.74 Å². The first-order chi connectivity index (χ1) is 8.15. The number of carbonyl (C=O) groups excluding carboxylic acids is 1. The lowest BCUT2D eigenvalue weighted by Gasteiger charge is -2.09. The minimum atomic E-state index is -0.169. The molecule has 0 atom stereocenters. The fourth-order valence-electron chi connectivity index (χ4n) is 1.68. The second-order valence-electron chi connectivity index (χ2n) is 4.75. The Hall–Kier alpha value is -1.35. The smallest absolute Gasteiger partial charge is 0.320 e. The summed E-state index contributed by atoms with van der Waals surface area (Å²) in [7, 11) is 0. The molecule has 0 radical (unpaired) electrons. The largest absolute Gasteiger partial charge is 0.460 e. The first-order valence-corrected chi connectivity index (χ1v) is 6.10. The number of aryl methyl sites for hydroxylation is 2. The lowest BCUT2D eigenvalue weighted by molar-refractivity contribution is -0.143. The number of benzene rings is 1. The summed E-state index contributed by atoms with van der Waals surface area (Å²) in [6.07, 6.45) is 2.37. The molecule has 1 aromatic rings. The fourth-order valence-corrected chi connectivity index (χ4v) is 1.68. The van der Waals surface area contributed by atoms with E-state index in [-0.39, 0.29) is 5.97 Å². The van der Waals surface area contributed by atoms with Gasteiger partial charge in [-0.05, 0) is 37.8 Å². The average Bonchev–Trinajstić information content (AvgIpc) is 3.11. The van der Waals surface area contributed by atoms with Gasteiger partial charge in [-0.15, -0.1) is 0 Å². The summed E-state index contributed by atoms with van der Waals surface area (Å²) in [4.78, 5) is 11.5. The van der Waals surface area contributed by atoms with Gasteiger partial charge in [-0.1, -0.05) is 23.8 Å². The molecule has 1 aliphatic rings. The van der Waals surface area contributed by atoms with Crippen molar-refractivity contribution in [1.82, 2.24) is 5.32 Å². The van der Waals surface area contributed by atoms with Crippen LogP contribution < -0.4 is 5.32 Å². The Morgan fingerprint density at radius 1 is 1.41 bits per heavy atom. The maximum atomic E-state index is 11.5. The van der Waals surface area contributed by atoms with Gasteiger partial charge < -0.3 is 10.1 Å². The topological polar surface area (TPSA) is 38.3 Å². The Morgan fingerprint density at radius 2 is 2.18 bits per heavy atom. The number of hydrogen-bond donors (Lipinski definition) is 1. The highest BCUT2D eigenvalue weighted by molar-refractivity contribution is 5.71. The van der Waals surface area contributed by atoms with Crippen molar-refractivity contribution in [2.45, 2.75) is 39.3 Å². The van der Waals surface area contributed by atoms with E-state index in [2.05, 4.69) is 23.5 Å². The van der Waals surface area contributed by atoms with Gasteiger partial charge in [-0.2, -0.15) is 0 Å². The quantitative estimate of drug-likeness (QED) is 0.791. The number of carbonyl (C=O) groups is 1. The summed E-state index contributed by atoms with van der Waals surface area (Å²) < 4.78 is 5.24. The van der Waals surface area contributed by atoms with Crippen molar-refractivity contribution in [2.24, 2.45) is 0 Å². The molecule has 0 amide bonds. The van der Waals surface area contributed by atoms with Crippen LogP contribution in [-0.4, -0.2) is 18.6 Å². The van der Waals surface area contributed by atoms with E-state index in [9.17, 15) is 4.79 Å². The summed E-state index contributed by atoms with van der Waals surface area (Å²) in [5.74, 6) is -0.169. The van der Waals surface area contributed by atoms with Gasteiger partial charge >= 0.3 is 5.97 Å². The predicted octanol–water partition coefficient (Wildman–Crippen LogP) is 2.10. The normalized spacial score (nSPS) is 14.7. The Labute approximate surface area is 102 Å². The summed E-state index contributed by atoms with van der Waals surface area (Å²) in [5, 5.41) is 3.14. The molecule has 1 aromatic carbocycles. The predicted molar refractivity (Wildman–Crippen MR) is 66.7 cm³/mol. The van der Waals surface area contributed by atoms with Crippen molar-refractivity contribution < 1.29 is 9.53 Å². The molecule has 3 nitrogen and oxygen atoms in total. The molecule has 0 aliphatic heterocycles. The average molecular weight is 233 g/mol. The number of esters is 1. The molecule has 0 unspecified atom stereocenters. The van der Waals surface area contributed by atoms with Gasteiger partial charge in [0, 0.05) is 6.04 Å². The van der Waals surface area contributed by atoms with Gasteiger partial charge in [0.2, 0.25) is 0 Å². The second-order valence-corrected chi connectivity index (χ2v) is 4.75. The van der Waals surface area contributed by atoms with Gasteiger partial charge in [0.25, 0.3) is 0 Å². The highest BCUT2D eigenvalue weighted by Crippen LogP contribution is 2.18. The number of nitrogens with one attached hydrogen (secondary N) is 1. The van der Waals surface area contributed by atoms with Crippen molar-refractivity contribution in [3.8, 4) is 0 Å². The van der Waals surface area contributed by atoms with Crippen LogP contribution >= 0.6 is 0 Å². The minimum Gasteiger partial charge on any atom is -0.460 e. The first-order valence-electron chi connectivity index (χ1n) is 6.10.